The number of aromatic nitrogens is 8. The van der Waals surface area contributed by atoms with Crippen LogP contribution in [0.15, 0.2) is 96.9 Å². The van der Waals surface area contributed by atoms with Crippen molar-refractivity contribution in [3.05, 3.63) is 103 Å². The summed E-state index contributed by atoms with van der Waals surface area (Å²) in [7, 11) is 0.0350. The first-order valence-electron chi connectivity index (χ1n) is 21.3. The van der Waals surface area contributed by atoms with Gasteiger partial charge < -0.3 is 4.98 Å². The zero-order chi connectivity index (χ0) is 41.3. The zero-order valence-corrected chi connectivity index (χ0v) is 36.4. The average molecular weight is 809 g/mol. The molecule has 4 bridgehead atoms. The summed E-state index contributed by atoms with van der Waals surface area (Å²) in [4.78, 5) is 13.1. The first-order valence-corrected chi connectivity index (χ1v) is 22.7. The Morgan fingerprint density at radius 3 is 1.73 bits per heavy atom. The quantitative estimate of drug-likeness (QED) is 0.179. The molecule has 0 saturated heterocycles. The second-order valence-electron chi connectivity index (χ2n) is 19.8. The van der Waals surface area contributed by atoms with E-state index in [0.29, 0.717) is 33.7 Å². The lowest BCUT2D eigenvalue weighted by atomic mass is 9.65. The second kappa shape index (κ2) is 13.0. The molecule has 6 heterocycles. The normalized spacial score (nSPS) is 27.8. The lowest BCUT2D eigenvalue weighted by Crippen LogP contribution is -2.31. The monoisotopic (exact) mass is 808 g/mol. The zero-order valence-electron chi connectivity index (χ0n) is 35.6. The number of fused-ring (bicyclic) bond motifs is 6. The van der Waals surface area contributed by atoms with E-state index in [2.05, 4.69) is 87.4 Å². The number of nitrogens with zero attached hydrogens (tertiary/aromatic N) is 7. The van der Waals surface area contributed by atoms with Crippen LogP contribution in [0.4, 0.5) is 0 Å². The van der Waals surface area contributed by atoms with E-state index in [0.717, 1.165) is 39.6 Å². The number of hydrogen-bond donors (Lipinski definition) is 1. The summed E-state index contributed by atoms with van der Waals surface area (Å²) >= 11 is 0. The first kappa shape index (κ1) is 38.2. The van der Waals surface area contributed by atoms with Gasteiger partial charge in [0.2, 0.25) is 0 Å². The van der Waals surface area contributed by atoms with Crippen LogP contribution in [0.25, 0.3) is 44.3 Å². The number of hydrogen-bond acceptors (Lipinski definition) is 6. The van der Waals surface area contributed by atoms with Crippen molar-refractivity contribution in [3.63, 3.8) is 0 Å². The Morgan fingerprint density at radius 1 is 0.678 bits per heavy atom. The number of H-pyrrole nitrogens is 1. The van der Waals surface area contributed by atoms with Gasteiger partial charge in [0.25, 0.3) is 10.0 Å². The summed E-state index contributed by atoms with van der Waals surface area (Å²) in [5.41, 5.74) is 9.44. The van der Waals surface area contributed by atoms with Gasteiger partial charge in [-0.05, 0) is 119 Å². The molecule has 59 heavy (non-hydrogen) atoms. The largest absolute Gasteiger partial charge is 0.346 e. The fourth-order valence-corrected chi connectivity index (χ4v) is 13.7. The molecule has 306 valence electrons. The minimum atomic E-state index is -3.79. The van der Waals surface area contributed by atoms with Gasteiger partial charge in [-0.25, -0.2) is 22.4 Å². The molecule has 0 aliphatic heterocycles. The van der Waals surface area contributed by atoms with Crippen LogP contribution in [0, 0.1) is 33.5 Å². The molecule has 6 atom stereocenters. The first-order chi connectivity index (χ1) is 28.0. The van der Waals surface area contributed by atoms with E-state index in [1.54, 1.807) is 41.3 Å². The predicted molar refractivity (Wildman–Crippen MR) is 233 cm³/mol. The summed E-state index contributed by atoms with van der Waals surface area (Å²) in [6.45, 7) is 14.7. The molecule has 0 spiro atoms. The van der Waals surface area contributed by atoms with Gasteiger partial charge in [0.05, 0.1) is 17.3 Å². The molecule has 4 unspecified atom stereocenters. The highest BCUT2D eigenvalue weighted by Gasteiger charge is 2.62. The molecule has 4 saturated carbocycles. The van der Waals surface area contributed by atoms with Gasteiger partial charge in [0.1, 0.15) is 5.65 Å². The van der Waals surface area contributed by atoms with Gasteiger partial charge in [0, 0.05) is 84.3 Å². The number of rotatable bonds is 6. The average Bonchev–Trinajstić information content (AvgIpc) is 4.10. The van der Waals surface area contributed by atoms with Crippen molar-refractivity contribution >= 4 is 32.1 Å². The molecule has 1 N–H and O–H groups in total. The third-order valence-electron chi connectivity index (χ3n) is 16.9. The van der Waals surface area contributed by atoms with Crippen molar-refractivity contribution in [1.82, 2.24) is 38.5 Å². The van der Waals surface area contributed by atoms with Gasteiger partial charge in [-0.15, -0.1) is 0 Å². The molecule has 4 fully saturated rings. The molecule has 4 aliphatic rings. The molecule has 0 radical (unpaired) electrons. The van der Waals surface area contributed by atoms with Crippen molar-refractivity contribution in [2.45, 2.75) is 96.8 Å². The van der Waals surface area contributed by atoms with Crippen LogP contribution < -0.4 is 0 Å². The maximum atomic E-state index is 13.6. The Kier molecular flexibility index (Phi) is 8.40. The van der Waals surface area contributed by atoms with Crippen molar-refractivity contribution in [2.75, 3.05) is 0 Å². The summed E-state index contributed by atoms with van der Waals surface area (Å²) in [5, 5.41) is 10.7. The van der Waals surface area contributed by atoms with Crippen LogP contribution in [0.3, 0.4) is 0 Å². The summed E-state index contributed by atoms with van der Waals surface area (Å²) in [6, 6.07) is 13.1. The third-order valence-corrected chi connectivity index (χ3v) is 18.6. The van der Waals surface area contributed by atoms with E-state index in [9.17, 15) is 8.42 Å². The highest BCUT2D eigenvalue weighted by Crippen LogP contribution is 2.72. The fourth-order valence-electron chi connectivity index (χ4n) is 12.4. The third kappa shape index (κ3) is 5.51. The standard InChI is InChI=1S/C27H30N4O2S.C21H26N4/c1-26(2)20-10-11-27(26,3)24(13-20)18-12-22-23(19-15-29-30(4)16-19)17-31(25(22)28-14-18)34(32,33)21-8-6-5-7-9-21;1-20(2)15-5-6-21(20,3)18(8-15)13-7-16-17(11-23-19(16)22-9-13)14-10-24-25(4)12-14/h5-9,12,14-17,20,24H,10-11,13H2,1-4H3;7,9-12,15,18H,5-6,8H2,1-4H3,(H,22,23)/t20?,24?,27-;15?,18?,21-/m00/s1. The van der Waals surface area contributed by atoms with Gasteiger partial charge in [-0.2, -0.15) is 10.2 Å². The Labute approximate surface area is 347 Å². The second-order valence-corrected chi connectivity index (χ2v) is 21.6. The topological polar surface area (TPSA) is 116 Å². The van der Waals surface area contributed by atoms with E-state index < -0.39 is 10.0 Å². The molecule has 11 rings (SSSR count). The Hall–Kier alpha value is -5.03. The molecule has 6 aromatic heterocycles. The minimum absolute atomic E-state index is 0.222. The van der Waals surface area contributed by atoms with Crippen LogP contribution in [-0.4, -0.2) is 46.9 Å². The Bertz CT molecular complexity index is 2860. The van der Waals surface area contributed by atoms with E-state index in [-0.39, 0.29) is 10.3 Å². The smallest absolute Gasteiger partial charge is 0.269 e. The van der Waals surface area contributed by atoms with Crippen LogP contribution in [0.1, 0.15) is 103 Å². The van der Waals surface area contributed by atoms with E-state index in [1.807, 2.05) is 43.4 Å². The van der Waals surface area contributed by atoms with Crippen molar-refractivity contribution in [1.29, 1.82) is 0 Å². The molecular formula is C48H56N8O2S. The predicted octanol–water partition coefficient (Wildman–Crippen LogP) is 10.5. The summed E-state index contributed by atoms with van der Waals surface area (Å²) < 4.78 is 32.1. The molecule has 11 heteroatoms. The van der Waals surface area contributed by atoms with Gasteiger partial charge in [-0.1, -0.05) is 59.7 Å². The highest BCUT2D eigenvalue weighted by molar-refractivity contribution is 7.90. The van der Waals surface area contributed by atoms with Crippen molar-refractivity contribution in [2.24, 2.45) is 47.6 Å². The van der Waals surface area contributed by atoms with E-state index >= 15 is 0 Å². The lowest BCUT2D eigenvalue weighted by Gasteiger charge is -2.39. The summed E-state index contributed by atoms with van der Waals surface area (Å²) in [5.74, 6) is 2.62. The Morgan fingerprint density at radius 2 is 1.22 bits per heavy atom. The number of benzene rings is 1. The number of nitrogens with one attached hydrogen (secondary N) is 1. The van der Waals surface area contributed by atoms with Crippen LogP contribution in [0.5, 0.6) is 0 Å². The molecule has 1 aromatic carbocycles. The lowest BCUT2D eigenvalue weighted by molar-refractivity contribution is 0.134. The molecule has 4 aliphatic carbocycles. The van der Waals surface area contributed by atoms with Gasteiger partial charge >= 0.3 is 0 Å². The fraction of sp³-hybridized carbons (Fsp3) is 0.458. The van der Waals surface area contributed by atoms with Crippen LogP contribution >= 0.6 is 0 Å². The van der Waals surface area contributed by atoms with E-state index in [4.69, 9.17) is 9.97 Å². The Balaban J connectivity index is 0.000000149. The molecule has 10 nitrogen and oxygen atoms in total. The van der Waals surface area contributed by atoms with E-state index in [1.165, 1.54) is 64.6 Å². The van der Waals surface area contributed by atoms with Gasteiger partial charge in [0.15, 0.2) is 5.65 Å². The van der Waals surface area contributed by atoms with Gasteiger partial charge in [-0.3, -0.25) is 9.36 Å². The maximum Gasteiger partial charge on any atom is 0.269 e. The molecule has 7 aromatic rings. The number of aryl methyl sites for hydroxylation is 2. The van der Waals surface area contributed by atoms with Crippen molar-refractivity contribution < 1.29 is 8.42 Å². The van der Waals surface area contributed by atoms with Crippen LogP contribution in [0.2, 0.25) is 0 Å². The van der Waals surface area contributed by atoms with Crippen molar-refractivity contribution in [3.8, 4) is 22.3 Å². The highest BCUT2D eigenvalue weighted by atomic mass is 32.2. The SMILES string of the molecule is Cn1cc(-c2c[nH]c3ncc(C4CC5CC[C@]4(C)C5(C)C)cc23)cn1.Cn1cc(-c2cn(S(=O)(=O)c3ccccc3)c3ncc(C4CC5CC[C@]4(C)C5(C)C)cc23)cn1. The number of aromatic amines is 1. The molecular weight excluding hydrogens is 753 g/mol. The summed E-state index contributed by atoms with van der Waals surface area (Å²) in [6.07, 6.45) is 23.2. The maximum absolute atomic E-state index is 13.6. The number of pyridine rings is 2. The molecule has 0 amide bonds. The van der Waals surface area contributed by atoms with Crippen LogP contribution in [-0.2, 0) is 24.1 Å². The minimum Gasteiger partial charge on any atom is -0.346 e.